The van der Waals surface area contributed by atoms with Crippen LogP contribution in [0.2, 0.25) is 0 Å². The van der Waals surface area contributed by atoms with Gasteiger partial charge in [-0.2, -0.15) is 0 Å². The minimum absolute atomic E-state index is 0.0353. The van der Waals surface area contributed by atoms with Crippen LogP contribution in [0.3, 0.4) is 0 Å². The summed E-state index contributed by atoms with van der Waals surface area (Å²) < 4.78 is 26.6. The third-order valence-corrected chi connectivity index (χ3v) is 2.44. The van der Waals surface area contributed by atoms with E-state index in [2.05, 4.69) is 10.3 Å². The van der Waals surface area contributed by atoms with Gasteiger partial charge in [0, 0.05) is 17.8 Å². The molecule has 17 heavy (non-hydrogen) atoms. The van der Waals surface area contributed by atoms with Gasteiger partial charge in [0.05, 0.1) is 11.9 Å². The number of aromatic nitrogens is 1. The van der Waals surface area contributed by atoms with Gasteiger partial charge in [0.15, 0.2) is 0 Å². The highest BCUT2D eigenvalue weighted by Gasteiger charge is 2.07. The predicted molar refractivity (Wildman–Crippen MR) is 62.7 cm³/mol. The molecule has 1 aromatic carbocycles. The molecule has 0 radical (unpaired) electrons. The summed E-state index contributed by atoms with van der Waals surface area (Å²) in [6.45, 7) is 1.98. The third kappa shape index (κ3) is 2.78. The molecule has 0 aliphatic carbocycles. The first-order valence-corrected chi connectivity index (χ1v) is 5.26. The maximum atomic E-state index is 13.3. The van der Waals surface area contributed by atoms with E-state index in [0.717, 1.165) is 11.4 Å². The van der Waals surface area contributed by atoms with Crippen LogP contribution in [0.25, 0.3) is 0 Å². The molecule has 1 N–H and O–H groups in total. The van der Waals surface area contributed by atoms with E-state index in [1.807, 2.05) is 19.1 Å². The second-order valence-corrected chi connectivity index (χ2v) is 3.74. The van der Waals surface area contributed by atoms with E-state index >= 15 is 0 Å². The Balaban J connectivity index is 2.10. The van der Waals surface area contributed by atoms with Gasteiger partial charge >= 0.3 is 0 Å². The smallest absolute Gasteiger partial charge is 0.131 e. The molecule has 0 saturated heterocycles. The zero-order valence-electron chi connectivity index (χ0n) is 9.37. The van der Waals surface area contributed by atoms with Crippen molar-refractivity contribution in [1.82, 2.24) is 4.98 Å². The molecule has 0 bridgehead atoms. The lowest BCUT2D eigenvalue weighted by Gasteiger charge is -2.08. The SMILES string of the molecule is Cc1ccc(NCc2c(F)cccc2F)cn1. The number of benzene rings is 1. The molecular weight excluding hydrogens is 222 g/mol. The first-order valence-electron chi connectivity index (χ1n) is 5.26. The van der Waals surface area contributed by atoms with Gasteiger partial charge in [-0.3, -0.25) is 4.98 Å². The summed E-state index contributed by atoms with van der Waals surface area (Å²) in [5.41, 5.74) is 1.67. The largest absolute Gasteiger partial charge is 0.379 e. The van der Waals surface area contributed by atoms with Gasteiger partial charge in [-0.1, -0.05) is 6.07 Å². The Hall–Kier alpha value is -1.97. The highest BCUT2D eigenvalue weighted by Crippen LogP contribution is 2.14. The van der Waals surface area contributed by atoms with E-state index in [-0.39, 0.29) is 12.1 Å². The highest BCUT2D eigenvalue weighted by molar-refractivity contribution is 5.41. The molecule has 0 unspecified atom stereocenters. The minimum Gasteiger partial charge on any atom is -0.379 e. The Kier molecular flexibility index (Phi) is 3.32. The fourth-order valence-electron chi connectivity index (χ4n) is 1.46. The monoisotopic (exact) mass is 234 g/mol. The zero-order valence-corrected chi connectivity index (χ0v) is 9.37. The van der Waals surface area contributed by atoms with Crippen molar-refractivity contribution in [3.8, 4) is 0 Å². The van der Waals surface area contributed by atoms with Crippen molar-refractivity contribution in [2.45, 2.75) is 13.5 Å². The van der Waals surface area contributed by atoms with Crippen LogP contribution in [0.1, 0.15) is 11.3 Å². The Morgan fingerprint density at radius 2 is 1.82 bits per heavy atom. The lowest BCUT2D eigenvalue weighted by atomic mass is 10.2. The fraction of sp³-hybridized carbons (Fsp3) is 0.154. The van der Waals surface area contributed by atoms with Gasteiger partial charge < -0.3 is 5.32 Å². The third-order valence-electron chi connectivity index (χ3n) is 2.44. The molecule has 0 aliphatic heterocycles. The summed E-state index contributed by atoms with van der Waals surface area (Å²) in [4.78, 5) is 4.09. The summed E-state index contributed by atoms with van der Waals surface area (Å²) in [5, 5.41) is 2.93. The number of anilines is 1. The van der Waals surface area contributed by atoms with Crippen molar-refractivity contribution in [1.29, 1.82) is 0 Å². The first-order chi connectivity index (χ1) is 8.16. The lowest BCUT2D eigenvalue weighted by molar-refractivity contribution is 0.560. The molecule has 0 atom stereocenters. The maximum absolute atomic E-state index is 13.3. The van der Waals surface area contributed by atoms with E-state index in [1.54, 1.807) is 6.20 Å². The quantitative estimate of drug-likeness (QED) is 0.881. The number of hydrogen-bond donors (Lipinski definition) is 1. The van der Waals surface area contributed by atoms with Crippen LogP contribution in [0.15, 0.2) is 36.5 Å². The molecule has 88 valence electrons. The van der Waals surface area contributed by atoms with Crippen molar-refractivity contribution in [3.63, 3.8) is 0 Å². The van der Waals surface area contributed by atoms with Gasteiger partial charge in [-0.05, 0) is 31.2 Å². The van der Waals surface area contributed by atoms with Crippen LogP contribution < -0.4 is 5.32 Å². The lowest BCUT2D eigenvalue weighted by Crippen LogP contribution is -2.04. The molecule has 2 aromatic rings. The number of pyridine rings is 1. The molecule has 1 aromatic heterocycles. The van der Waals surface area contributed by atoms with Crippen molar-refractivity contribution in [2.75, 3.05) is 5.32 Å². The van der Waals surface area contributed by atoms with Crippen LogP contribution in [-0.2, 0) is 6.54 Å². The summed E-state index contributed by atoms with van der Waals surface area (Å²) >= 11 is 0. The van der Waals surface area contributed by atoms with E-state index in [1.165, 1.54) is 18.2 Å². The molecule has 2 nitrogen and oxygen atoms in total. The van der Waals surface area contributed by atoms with Gasteiger partial charge in [0.2, 0.25) is 0 Å². The Bertz CT molecular complexity index is 489. The van der Waals surface area contributed by atoms with Crippen molar-refractivity contribution in [2.24, 2.45) is 0 Å². The van der Waals surface area contributed by atoms with E-state index in [9.17, 15) is 8.78 Å². The van der Waals surface area contributed by atoms with Crippen molar-refractivity contribution >= 4 is 5.69 Å². The average Bonchev–Trinajstić information content (AvgIpc) is 2.31. The topological polar surface area (TPSA) is 24.9 Å². The zero-order chi connectivity index (χ0) is 12.3. The molecule has 0 spiro atoms. The molecule has 0 saturated carbocycles. The van der Waals surface area contributed by atoms with E-state index in [0.29, 0.717) is 0 Å². The molecule has 0 fully saturated rings. The second-order valence-electron chi connectivity index (χ2n) is 3.74. The minimum atomic E-state index is -0.544. The Morgan fingerprint density at radius 3 is 2.41 bits per heavy atom. The summed E-state index contributed by atoms with van der Waals surface area (Å²) in [5.74, 6) is -1.09. The van der Waals surface area contributed by atoms with Crippen LogP contribution in [0.4, 0.5) is 14.5 Å². The maximum Gasteiger partial charge on any atom is 0.131 e. The highest BCUT2D eigenvalue weighted by atomic mass is 19.1. The van der Waals surface area contributed by atoms with Gasteiger partial charge in [-0.15, -0.1) is 0 Å². The summed E-state index contributed by atoms with van der Waals surface area (Å²) in [7, 11) is 0. The summed E-state index contributed by atoms with van der Waals surface area (Å²) in [6, 6.07) is 7.49. The van der Waals surface area contributed by atoms with Crippen LogP contribution in [0.5, 0.6) is 0 Å². The molecule has 0 amide bonds. The second kappa shape index (κ2) is 4.91. The molecular formula is C13H12F2N2. The first kappa shape index (κ1) is 11.5. The van der Waals surface area contributed by atoms with Crippen molar-refractivity contribution in [3.05, 3.63) is 59.4 Å². The number of aryl methyl sites for hydroxylation is 1. The van der Waals surface area contributed by atoms with Gasteiger partial charge in [0.25, 0.3) is 0 Å². The molecule has 2 rings (SSSR count). The van der Waals surface area contributed by atoms with Crippen LogP contribution in [-0.4, -0.2) is 4.98 Å². The number of hydrogen-bond acceptors (Lipinski definition) is 2. The standard InChI is InChI=1S/C13H12F2N2/c1-9-5-6-10(7-16-9)17-8-11-12(14)3-2-4-13(11)15/h2-7,17H,8H2,1H3. The van der Waals surface area contributed by atoms with Crippen LogP contribution in [0, 0.1) is 18.6 Å². The Labute approximate surface area is 98.3 Å². The van der Waals surface area contributed by atoms with Crippen molar-refractivity contribution < 1.29 is 8.78 Å². The molecule has 1 heterocycles. The predicted octanol–water partition coefficient (Wildman–Crippen LogP) is 3.28. The average molecular weight is 234 g/mol. The fourth-order valence-corrected chi connectivity index (χ4v) is 1.46. The number of nitrogens with one attached hydrogen (secondary N) is 1. The number of nitrogens with zero attached hydrogens (tertiary/aromatic N) is 1. The normalized spacial score (nSPS) is 10.3. The summed E-state index contributed by atoms with van der Waals surface area (Å²) in [6.07, 6.45) is 1.63. The van der Waals surface area contributed by atoms with Gasteiger partial charge in [0.1, 0.15) is 11.6 Å². The molecule has 0 aliphatic rings. The Morgan fingerprint density at radius 1 is 1.12 bits per heavy atom. The van der Waals surface area contributed by atoms with E-state index < -0.39 is 11.6 Å². The number of halogens is 2. The van der Waals surface area contributed by atoms with Gasteiger partial charge in [-0.25, -0.2) is 8.78 Å². The van der Waals surface area contributed by atoms with Crippen LogP contribution >= 0.6 is 0 Å². The van der Waals surface area contributed by atoms with E-state index in [4.69, 9.17) is 0 Å². The number of rotatable bonds is 3. The molecule has 4 heteroatoms.